The highest BCUT2D eigenvalue weighted by Crippen LogP contribution is 2.27. The third-order valence-corrected chi connectivity index (χ3v) is 8.24. The molecule has 9 heteroatoms. The lowest BCUT2D eigenvalue weighted by Crippen LogP contribution is -2.41. The summed E-state index contributed by atoms with van der Waals surface area (Å²) in [5.41, 5.74) is 3.32. The molecule has 0 bridgehead atoms. The van der Waals surface area contributed by atoms with Crippen molar-refractivity contribution in [2.75, 3.05) is 31.6 Å². The van der Waals surface area contributed by atoms with E-state index in [9.17, 15) is 18.0 Å². The van der Waals surface area contributed by atoms with Crippen molar-refractivity contribution < 1.29 is 22.7 Å². The van der Waals surface area contributed by atoms with E-state index in [1.807, 2.05) is 37.3 Å². The lowest BCUT2D eigenvalue weighted by Gasteiger charge is -2.31. The van der Waals surface area contributed by atoms with Gasteiger partial charge in [0.25, 0.3) is 0 Å². The van der Waals surface area contributed by atoms with E-state index in [2.05, 4.69) is 5.32 Å². The first kappa shape index (κ1) is 23.3. The average molecular weight is 472 g/mol. The van der Waals surface area contributed by atoms with Crippen LogP contribution in [-0.4, -0.2) is 55.9 Å². The minimum atomic E-state index is -3.58. The van der Waals surface area contributed by atoms with Crippen molar-refractivity contribution >= 4 is 27.7 Å². The first-order valence-corrected chi connectivity index (χ1v) is 12.6. The Morgan fingerprint density at radius 3 is 2.52 bits per heavy atom. The number of carbonyl (C=O) groups is 2. The van der Waals surface area contributed by atoms with Crippen molar-refractivity contribution in [1.29, 1.82) is 0 Å². The number of sulfonamides is 1. The zero-order valence-corrected chi connectivity index (χ0v) is 19.7. The SMILES string of the molecule is Cc1ccc(S(=O)(=O)N2CCC(C(=O)Nc3cccc(CN4CCOC4=O)c3)CC2)c(C)c1. The van der Waals surface area contributed by atoms with E-state index in [-0.39, 0.29) is 17.9 Å². The highest BCUT2D eigenvalue weighted by molar-refractivity contribution is 7.89. The summed E-state index contributed by atoms with van der Waals surface area (Å²) in [4.78, 5) is 26.4. The molecule has 0 aromatic heterocycles. The topological polar surface area (TPSA) is 96.0 Å². The largest absolute Gasteiger partial charge is 0.448 e. The normalized spacial score (nSPS) is 17.8. The van der Waals surface area contributed by atoms with Gasteiger partial charge >= 0.3 is 6.09 Å². The second kappa shape index (κ2) is 9.52. The molecule has 8 nitrogen and oxygen atoms in total. The molecule has 0 unspecified atom stereocenters. The molecular weight excluding hydrogens is 442 g/mol. The first-order chi connectivity index (χ1) is 15.7. The predicted octanol–water partition coefficient (Wildman–Crippen LogP) is 3.30. The van der Waals surface area contributed by atoms with Gasteiger partial charge in [0.1, 0.15) is 6.61 Å². The molecule has 2 aromatic carbocycles. The van der Waals surface area contributed by atoms with Crippen LogP contribution in [0.15, 0.2) is 47.4 Å². The van der Waals surface area contributed by atoms with Crippen molar-refractivity contribution in [3.05, 3.63) is 59.2 Å². The Balaban J connectivity index is 1.35. The number of carbonyl (C=O) groups excluding carboxylic acids is 2. The number of piperidine rings is 1. The molecule has 2 aromatic rings. The van der Waals surface area contributed by atoms with E-state index in [0.29, 0.717) is 56.2 Å². The monoisotopic (exact) mass is 471 g/mol. The summed E-state index contributed by atoms with van der Waals surface area (Å²) >= 11 is 0. The van der Waals surface area contributed by atoms with Crippen LogP contribution in [-0.2, 0) is 26.1 Å². The van der Waals surface area contributed by atoms with Gasteiger partial charge in [-0.15, -0.1) is 0 Å². The quantitative estimate of drug-likeness (QED) is 0.697. The lowest BCUT2D eigenvalue weighted by molar-refractivity contribution is -0.120. The summed E-state index contributed by atoms with van der Waals surface area (Å²) in [5, 5.41) is 2.95. The predicted molar refractivity (Wildman–Crippen MR) is 124 cm³/mol. The maximum atomic E-state index is 13.1. The fourth-order valence-corrected chi connectivity index (χ4v) is 6.04. The van der Waals surface area contributed by atoms with Crippen molar-refractivity contribution in [3.8, 4) is 0 Å². The lowest BCUT2D eigenvalue weighted by atomic mass is 9.97. The maximum absolute atomic E-state index is 13.1. The molecule has 4 rings (SSSR count). The van der Waals surface area contributed by atoms with Crippen LogP contribution in [0.3, 0.4) is 0 Å². The molecule has 176 valence electrons. The minimum absolute atomic E-state index is 0.115. The summed E-state index contributed by atoms with van der Waals surface area (Å²) < 4.78 is 32.6. The third-order valence-electron chi connectivity index (χ3n) is 6.19. The van der Waals surface area contributed by atoms with Gasteiger partial charge < -0.3 is 15.0 Å². The third kappa shape index (κ3) is 5.20. The number of nitrogens with zero attached hydrogens (tertiary/aromatic N) is 2. The zero-order chi connectivity index (χ0) is 23.6. The maximum Gasteiger partial charge on any atom is 0.410 e. The number of amides is 2. The molecule has 2 amide bonds. The molecule has 33 heavy (non-hydrogen) atoms. The van der Waals surface area contributed by atoms with Gasteiger partial charge in [-0.25, -0.2) is 13.2 Å². The number of rotatable bonds is 6. The number of hydrogen-bond acceptors (Lipinski definition) is 5. The van der Waals surface area contributed by atoms with Gasteiger partial charge in [0.15, 0.2) is 0 Å². The fraction of sp³-hybridized carbons (Fsp3) is 0.417. The summed E-state index contributed by atoms with van der Waals surface area (Å²) in [7, 11) is -3.58. The molecule has 1 N–H and O–H groups in total. The van der Waals surface area contributed by atoms with Crippen LogP contribution in [0.2, 0.25) is 0 Å². The van der Waals surface area contributed by atoms with Gasteiger partial charge in [0.05, 0.1) is 11.4 Å². The highest BCUT2D eigenvalue weighted by atomic mass is 32.2. The van der Waals surface area contributed by atoms with E-state index in [0.717, 1.165) is 16.7 Å². The molecule has 2 aliphatic rings. The van der Waals surface area contributed by atoms with E-state index < -0.39 is 10.0 Å². The van der Waals surface area contributed by atoms with Crippen molar-refractivity contribution in [1.82, 2.24) is 9.21 Å². The Hall–Kier alpha value is -2.91. The smallest absolute Gasteiger partial charge is 0.410 e. The molecule has 2 heterocycles. The van der Waals surface area contributed by atoms with Crippen LogP contribution < -0.4 is 5.32 Å². The number of cyclic esters (lactones) is 1. The van der Waals surface area contributed by atoms with Crippen molar-refractivity contribution in [2.24, 2.45) is 5.92 Å². The second-order valence-corrected chi connectivity index (χ2v) is 10.6. The van der Waals surface area contributed by atoms with Crippen LogP contribution in [0, 0.1) is 19.8 Å². The summed E-state index contributed by atoms with van der Waals surface area (Å²) in [6, 6.07) is 12.7. The molecule has 2 saturated heterocycles. The first-order valence-electron chi connectivity index (χ1n) is 11.1. The number of anilines is 1. The fourth-order valence-electron chi connectivity index (χ4n) is 4.37. The Morgan fingerprint density at radius 2 is 1.85 bits per heavy atom. The minimum Gasteiger partial charge on any atom is -0.448 e. The summed E-state index contributed by atoms with van der Waals surface area (Å²) in [6.07, 6.45) is 0.608. The van der Waals surface area contributed by atoms with E-state index >= 15 is 0 Å². The Morgan fingerprint density at radius 1 is 1.09 bits per heavy atom. The Kier molecular flexibility index (Phi) is 6.71. The molecule has 2 fully saturated rings. The van der Waals surface area contributed by atoms with Crippen LogP contribution >= 0.6 is 0 Å². The molecule has 0 aliphatic carbocycles. The van der Waals surface area contributed by atoms with E-state index in [4.69, 9.17) is 4.74 Å². The number of nitrogens with one attached hydrogen (secondary N) is 1. The number of aryl methyl sites for hydroxylation is 2. The molecule has 2 aliphatic heterocycles. The number of ether oxygens (including phenoxy) is 1. The van der Waals surface area contributed by atoms with E-state index in [1.54, 1.807) is 24.0 Å². The van der Waals surface area contributed by atoms with Crippen LogP contribution in [0.25, 0.3) is 0 Å². The number of benzene rings is 2. The van der Waals surface area contributed by atoms with Gasteiger partial charge in [-0.2, -0.15) is 4.31 Å². The molecule has 0 atom stereocenters. The number of hydrogen-bond donors (Lipinski definition) is 1. The standard InChI is InChI=1S/C24H29N3O5S/c1-17-6-7-22(18(2)14-17)33(30,31)27-10-8-20(9-11-27)23(28)25-21-5-3-4-19(15-21)16-26-12-13-32-24(26)29/h3-7,14-15,20H,8-13,16H2,1-2H3,(H,25,28). The van der Waals surface area contributed by atoms with Gasteiger partial charge in [0.2, 0.25) is 15.9 Å². The summed E-state index contributed by atoms with van der Waals surface area (Å²) in [5.74, 6) is -0.371. The van der Waals surface area contributed by atoms with Crippen molar-refractivity contribution in [3.63, 3.8) is 0 Å². The molecule has 0 saturated carbocycles. The molecular formula is C24H29N3O5S. The summed E-state index contributed by atoms with van der Waals surface area (Å²) in [6.45, 7) is 5.74. The Bertz CT molecular complexity index is 1160. The average Bonchev–Trinajstić information content (AvgIpc) is 3.18. The Labute approximate surface area is 194 Å². The van der Waals surface area contributed by atoms with E-state index in [1.165, 1.54) is 4.31 Å². The van der Waals surface area contributed by atoms with Gasteiger partial charge in [0, 0.05) is 31.2 Å². The van der Waals surface area contributed by atoms with Crippen LogP contribution in [0.5, 0.6) is 0 Å². The van der Waals surface area contributed by atoms with Crippen molar-refractivity contribution in [2.45, 2.75) is 38.1 Å². The molecule has 0 spiro atoms. The second-order valence-electron chi connectivity index (χ2n) is 8.67. The van der Waals surface area contributed by atoms with Crippen LogP contribution in [0.4, 0.5) is 10.5 Å². The molecule has 0 radical (unpaired) electrons. The van der Waals surface area contributed by atoms with Gasteiger partial charge in [-0.05, 0) is 56.0 Å². The van der Waals surface area contributed by atoms with Crippen LogP contribution in [0.1, 0.15) is 29.5 Å². The van der Waals surface area contributed by atoms with Gasteiger partial charge in [-0.3, -0.25) is 4.79 Å². The zero-order valence-electron chi connectivity index (χ0n) is 18.9. The highest BCUT2D eigenvalue weighted by Gasteiger charge is 2.33. The van der Waals surface area contributed by atoms with Gasteiger partial charge in [-0.1, -0.05) is 29.8 Å².